The van der Waals surface area contributed by atoms with E-state index in [4.69, 9.17) is 27.9 Å². The lowest BCUT2D eigenvalue weighted by atomic mass is 9.81. The van der Waals surface area contributed by atoms with Gasteiger partial charge in [0.05, 0.1) is 5.60 Å². The zero-order chi connectivity index (χ0) is 23.3. The summed E-state index contributed by atoms with van der Waals surface area (Å²) in [5.74, 6) is -0.189. The SMILES string of the molecule is C=C(Cl)C=C(C=C(C)Cl)C1OC2(CCN(CCc3ccc(F)cc3)CC2)C(=CC)C1=CC. The van der Waals surface area contributed by atoms with Crippen molar-refractivity contribution in [2.75, 3.05) is 19.6 Å². The molecule has 2 aliphatic rings. The summed E-state index contributed by atoms with van der Waals surface area (Å²) in [7, 11) is 0. The summed E-state index contributed by atoms with van der Waals surface area (Å²) in [6.45, 7) is 12.7. The highest BCUT2D eigenvalue weighted by Crippen LogP contribution is 2.48. The van der Waals surface area contributed by atoms with E-state index in [1.165, 1.54) is 23.3 Å². The molecule has 1 aromatic rings. The smallest absolute Gasteiger partial charge is 0.123 e. The summed E-state index contributed by atoms with van der Waals surface area (Å²) in [6, 6.07) is 6.79. The van der Waals surface area contributed by atoms with Gasteiger partial charge in [0.2, 0.25) is 0 Å². The van der Waals surface area contributed by atoms with Crippen LogP contribution in [0.4, 0.5) is 4.39 Å². The first-order valence-electron chi connectivity index (χ1n) is 11.2. The molecule has 0 aromatic heterocycles. The summed E-state index contributed by atoms with van der Waals surface area (Å²) < 4.78 is 20.0. The molecule has 0 saturated carbocycles. The number of hydrogen-bond acceptors (Lipinski definition) is 2. The van der Waals surface area contributed by atoms with E-state index < -0.39 is 0 Å². The van der Waals surface area contributed by atoms with E-state index in [-0.39, 0.29) is 17.5 Å². The predicted octanol–water partition coefficient (Wildman–Crippen LogP) is 7.32. The number of benzene rings is 1. The van der Waals surface area contributed by atoms with Gasteiger partial charge in [-0.1, -0.05) is 54.1 Å². The second-order valence-electron chi connectivity index (χ2n) is 8.48. The van der Waals surface area contributed by atoms with Gasteiger partial charge in [-0.3, -0.25) is 0 Å². The van der Waals surface area contributed by atoms with Crippen LogP contribution in [0.2, 0.25) is 0 Å². The molecule has 1 atom stereocenters. The maximum Gasteiger partial charge on any atom is 0.123 e. The Hall–Kier alpha value is -1.65. The minimum absolute atomic E-state index is 0.189. The molecule has 1 aromatic carbocycles. The van der Waals surface area contributed by atoms with Crippen molar-refractivity contribution in [2.45, 2.75) is 51.7 Å². The predicted molar refractivity (Wildman–Crippen MR) is 134 cm³/mol. The molecule has 0 radical (unpaired) electrons. The molecule has 32 heavy (non-hydrogen) atoms. The van der Waals surface area contributed by atoms with Gasteiger partial charge >= 0.3 is 0 Å². The van der Waals surface area contributed by atoms with Gasteiger partial charge < -0.3 is 9.64 Å². The molecule has 1 spiro atoms. The monoisotopic (exact) mass is 475 g/mol. The lowest BCUT2D eigenvalue weighted by Crippen LogP contribution is -2.46. The van der Waals surface area contributed by atoms with Crippen LogP contribution in [0, 0.1) is 5.82 Å². The van der Waals surface area contributed by atoms with Crippen LogP contribution in [0.1, 0.15) is 39.2 Å². The van der Waals surface area contributed by atoms with E-state index in [1.54, 1.807) is 0 Å². The van der Waals surface area contributed by atoms with Crippen LogP contribution in [0.15, 0.2) is 81.9 Å². The van der Waals surface area contributed by atoms with E-state index in [1.807, 2.05) is 31.2 Å². The number of nitrogens with zero attached hydrogens (tertiary/aromatic N) is 1. The third-order valence-electron chi connectivity index (χ3n) is 6.31. The summed E-state index contributed by atoms with van der Waals surface area (Å²) in [5, 5.41) is 1.12. The van der Waals surface area contributed by atoms with Gasteiger partial charge in [-0.05, 0) is 86.6 Å². The maximum absolute atomic E-state index is 13.1. The number of allylic oxidation sites excluding steroid dienone is 5. The van der Waals surface area contributed by atoms with Gasteiger partial charge in [0, 0.05) is 29.7 Å². The van der Waals surface area contributed by atoms with Gasteiger partial charge in [0.1, 0.15) is 11.9 Å². The minimum Gasteiger partial charge on any atom is -0.358 e. The van der Waals surface area contributed by atoms with Crippen molar-refractivity contribution in [3.05, 3.63) is 93.3 Å². The zero-order valence-electron chi connectivity index (χ0n) is 19.1. The van der Waals surface area contributed by atoms with Crippen LogP contribution in [-0.4, -0.2) is 36.2 Å². The fourth-order valence-corrected chi connectivity index (χ4v) is 5.06. The second kappa shape index (κ2) is 11.0. The molecule has 0 aliphatic carbocycles. The largest absolute Gasteiger partial charge is 0.358 e. The molecule has 2 nitrogen and oxygen atoms in total. The van der Waals surface area contributed by atoms with E-state index in [2.05, 4.69) is 37.5 Å². The van der Waals surface area contributed by atoms with Crippen molar-refractivity contribution in [3.8, 4) is 0 Å². The quantitative estimate of drug-likeness (QED) is 0.399. The highest BCUT2D eigenvalue weighted by Gasteiger charge is 2.49. The van der Waals surface area contributed by atoms with Crippen LogP contribution in [0.25, 0.3) is 0 Å². The molecule has 0 bridgehead atoms. The van der Waals surface area contributed by atoms with E-state index in [0.717, 1.165) is 50.0 Å². The van der Waals surface area contributed by atoms with Gasteiger partial charge in [-0.2, -0.15) is 0 Å². The standard InChI is InChI=1S/C27H32Cl2FNO/c1-5-24-25(6-2)27(32-26(24)22(17-19(3)28)18-20(4)29)12-15-31(16-13-27)14-11-21-7-9-23(30)10-8-21/h5-10,17-18,26H,3,11-16H2,1-2,4H3. The molecule has 2 fully saturated rings. The fourth-order valence-electron chi connectivity index (χ4n) is 4.81. The summed E-state index contributed by atoms with van der Waals surface area (Å²) in [4.78, 5) is 2.47. The summed E-state index contributed by atoms with van der Waals surface area (Å²) in [6.07, 6.45) is 10.6. The average Bonchev–Trinajstić information content (AvgIpc) is 3.06. The summed E-state index contributed by atoms with van der Waals surface area (Å²) >= 11 is 12.3. The fraction of sp³-hybridized carbons (Fsp3) is 0.407. The average molecular weight is 476 g/mol. The van der Waals surface area contributed by atoms with Crippen molar-refractivity contribution in [2.24, 2.45) is 0 Å². The molecule has 3 rings (SSSR count). The van der Waals surface area contributed by atoms with E-state index in [0.29, 0.717) is 10.1 Å². The third-order valence-corrected chi connectivity index (χ3v) is 6.53. The summed E-state index contributed by atoms with van der Waals surface area (Å²) in [5.41, 5.74) is 4.20. The molecular weight excluding hydrogens is 444 g/mol. The van der Waals surface area contributed by atoms with Crippen LogP contribution in [0.3, 0.4) is 0 Å². The van der Waals surface area contributed by atoms with Crippen LogP contribution >= 0.6 is 23.2 Å². The molecular formula is C27H32Cl2FNO. The number of hydrogen-bond donors (Lipinski definition) is 0. The Balaban J connectivity index is 1.75. The third kappa shape index (κ3) is 5.82. The highest BCUT2D eigenvalue weighted by molar-refractivity contribution is 6.31. The van der Waals surface area contributed by atoms with Gasteiger partial charge in [-0.25, -0.2) is 4.39 Å². The number of likely N-dealkylation sites (tertiary alicyclic amines) is 1. The van der Waals surface area contributed by atoms with Crippen molar-refractivity contribution >= 4 is 23.2 Å². The van der Waals surface area contributed by atoms with Gasteiger partial charge in [-0.15, -0.1) is 0 Å². The van der Waals surface area contributed by atoms with Crippen molar-refractivity contribution in [1.82, 2.24) is 4.90 Å². The lowest BCUT2D eigenvalue weighted by molar-refractivity contribution is -0.0468. The molecule has 1 unspecified atom stereocenters. The number of ether oxygens (including phenoxy) is 1. The Bertz CT molecular complexity index is 946. The molecule has 172 valence electrons. The Labute approximate surface area is 201 Å². The highest BCUT2D eigenvalue weighted by atomic mass is 35.5. The second-order valence-corrected chi connectivity index (χ2v) is 9.56. The number of halogens is 3. The van der Waals surface area contributed by atoms with Crippen molar-refractivity contribution < 1.29 is 9.13 Å². The van der Waals surface area contributed by atoms with Crippen LogP contribution in [-0.2, 0) is 11.2 Å². The zero-order valence-corrected chi connectivity index (χ0v) is 20.6. The normalized spacial score (nSPS) is 24.6. The molecule has 2 heterocycles. The molecule has 0 N–H and O–H groups in total. The van der Waals surface area contributed by atoms with Gasteiger partial charge in [0.25, 0.3) is 0 Å². The van der Waals surface area contributed by atoms with E-state index in [9.17, 15) is 4.39 Å². The van der Waals surface area contributed by atoms with Crippen LogP contribution in [0.5, 0.6) is 0 Å². The first-order chi connectivity index (χ1) is 15.3. The lowest BCUT2D eigenvalue weighted by Gasteiger charge is -2.40. The molecule has 5 heteroatoms. The molecule has 2 saturated heterocycles. The van der Waals surface area contributed by atoms with Crippen LogP contribution < -0.4 is 0 Å². The Morgan fingerprint density at radius 3 is 2.34 bits per heavy atom. The van der Waals surface area contributed by atoms with E-state index >= 15 is 0 Å². The molecule has 0 amide bonds. The topological polar surface area (TPSA) is 12.5 Å². The van der Waals surface area contributed by atoms with Crippen molar-refractivity contribution in [3.63, 3.8) is 0 Å². The minimum atomic E-state index is -0.311. The van der Waals surface area contributed by atoms with Crippen molar-refractivity contribution in [1.29, 1.82) is 0 Å². The first kappa shape index (κ1) is 25.0. The number of piperidine rings is 1. The first-order valence-corrected chi connectivity index (χ1v) is 11.9. The number of rotatable bonds is 6. The molecule has 2 aliphatic heterocycles. The Morgan fingerprint density at radius 1 is 1.16 bits per heavy atom. The maximum atomic E-state index is 13.1. The Kier molecular flexibility index (Phi) is 8.57. The van der Waals surface area contributed by atoms with Gasteiger partial charge in [0.15, 0.2) is 0 Å². The Morgan fingerprint density at radius 2 is 1.81 bits per heavy atom.